The van der Waals surface area contributed by atoms with Gasteiger partial charge >= 0.3 is 0 Å². The first-order valence-corrected chi connectivity index (χ1v) is 12.3. The molecule has 172 valence electrons. The Labute approximate surface area is 198 Å². The number of rotatable bonds is 7. The summed E-state index contributed by atoms with van der Waals surface area (Å²) >= 11 is 0. The fourth-order valence-corrected chi connectivity index (χ4v) is 3.93. The van der Waals surface area contributed by atoms with Crippen LogP contribution in [0.4, 0.5) is 11.4 Å². The average molecular weight is 474 g/mol. The number of amides is 1. The minimum atomic E-state index is -3.43. The number of anilines is 2. The number of aromatic nitrogens is 3. The lowest BCUT2D eigenvalue weighted by Crippen LogP contribution is -2.12. The van der Waals surface area contributed by atoms with Crippen LogP contribution in [0.2, 0.25) is 0 Å². The molecule has 0 saturated heterocycles. The van der Waals surface area contributed by atoms with Crippen LogP contribution in [0.25, 0.3) is 23.0 Å². The molecule has 0 bridgehead atoms. The van der Waals surface area contributed by atoms with E-state index in [0.717, 1.165) is 28.6 Å². The number of hydrogen-bond donors (Lipinski definition) is 2. The molecule has 4 rings (SSSR count). The van der Waals surface area contributed by atoms with Crippen LogP contribution < -0.4 is 10.0 Å². The Morgan fingerprint density at radius 2 is 1.85 bits per heavy atom. The second kappa shape index (κ2) is 9.72. The standard InChI is InChI=1S/C25H23N5O3S/c1-18-10-12-21(15-23(18)29-34(2,32)33)27-24(31)13-11-20-17-30(22-8-4-3-5-9-22)28-25(20)19-7-6-14-26-16-19/h3-17,29H,1-2H3,(H,27,31)/b13-11+. The van der Waals surface area contributed by atoms with Gasteiger partial charge in [0, 0.05) is 41.5 Å². The van der Waals surface area contributed by atoms with Crippen molar-refractivity contribution in [3.05, 3.63) is 96.5 Å². The molecule has 0 aliphatic heterocycles. The van der Waals surface area contributed by atoms with Gasteiger partial charge in [0.1, 0.15) is 5.69 Å². The predicted octanol–water partition coefficient (Wildman–Crippen LogP) is 4.27. The lowest BCUT2D eigenvalue weighted by atomic mass is 10.1. The molecule has 0 aliphatic carbocycles. The summed E-state index contributed by atoms with van der Waals surface area (Å²) in [5.74, 6) is -0.362. The minimum absolute atomic E-state index is 0.362. The second-order valence-electron chi connectivity index (χ2n) is 7.68. The zero-order valence-electron chi connectivity index (χ0n) is 18.6. The summed E-state index contributed by atoms with van der Waals surface area (Å²) in [6.45, 7) is 1.78. The van der Waals surface area contributed by atoms with Gasteiger partial charge in [-0.1, -0.05) is 24.3 Å². The number of aryl methyl sites for hydroxylation is 1. The molecule has 0 spiro atoms. The molecular formula is C25H23N5O3S. The van der Waals surface area contributed by atoms with Gasteiger partial charge in [0.25, 0.3) is 0 Å². The monoisotopic (exact) mass is 473 g/mol. The first-order valence-electron chi connectivity index (χ1n) is 10.4. The SMILES string of the molecule is Cc1ccc(NC(=O)/C=C/c2cn(-c3ccccc3)nc2-c2cccnc2)cc1NS(C)(=O)=O. The average Bonchev–Trinajstić information content (AvgIpc) is 3.24. The Bertz CT molecular complexity index is 1450. The zero-order valence-corrected chi connectivity index (χ0v) is 19.5. The van der Waals surface area contributed by atoms with Gasteiger partial charge in [-0.15, -0.1) is 0 Å². The number of nitrogens with zero attached hydrogens (tertiary/aromatic N) is 3. The van der Waals surface area contributed by atoms with Crippen molar-refractivity contribution in [3.63, 3.8) is 0 Å². The van der Waals surface area contributed by atoms with Crippen LogP contribution in [0, 0.1) is 6.92 Å². The van der Waals surface area contributed by atoms with Crippen LogP contribution in [-0.2, 0) is 14.8 Å². The van der Waals surface area contributed by atoms with E-state index in [-0.39, 0.29) is 5.91 Å². The third-order valence-electron chi connectivity index (χ3n) is 4.91. The molecule has 0 unspecified atom stereocenters. The van der Waals surface area contributed by atoms with E-state index < -0.39 is 10.0 Å². The van der Waals surface area contributed by atoms with Gasteiger partial charge in [-0.05, 0) is 55.0 Å². The first kappa shape index (κ1) is 22.9. The molecule has 2 aromatic heterocycles. The van der Waals surface area contributed by atoms with Gasteiger partial charge in [-0.25, -0.2) is 13.1 Å². The lowest BCUT2D eigenvalue weighted by molar-refractivity contribution is -0.111. The minimum Gasteiger partial charge on any atom is -0.322 e. The highest BCUT2D eigenvalue weighted by Gasteiger charge is 2.12. The third kappa shape index (κ3) is 5.76. The summed E-state index contributed by atoms with van der Waals surface area (Å²) in [6, 6.07) is 18.4. The summed E-state index contributed by atoms with van der Waals surface area (Å²) in [7, 11) is -3.43. The number of benzene rings is 2. The van der Waals surface area contributed by atoms with E-state index in [1.165, 1.54) is 6.08 Å². The maximum Gasteiger partial charge on any atom is 0.248 e. The van der Waals surface area contributed by atoms with Gasteiger partial charge in [0.05, 0.1) is 17.6 Å². The highest BCUT2D eigenvalue weighted by Crippen LogP contribution is 2.25. The fourth-order valence-electron chi connectivity index (χ4n) is 3.31. The van der Waals surface area contributed by atoms with Gasteiger partial charge in [0.15, 0.2) is 0 Å². The summed E-state index contributed by atoms with van der Waals surface area (Å²) in [4.78, 5) is 16.8. The van der Waals surface area contributed by atoms with E-state index in [9.17, 15) is 13.2 Å². The Hall–Kier alpha value is -4.24. The summed E-state index contributed by atoms with van der Waals surface area (Å²) in [5.41, 5.74) is 4.78. The zero-order chi connectivity index (χ0) is 24.1. The highest BCUT2D eigenvalue weighted by molar-refractivity contribution is 7.92. The second-order valence-corrected chi connectivity index (χ2v) is 9.43. The molecule has 2 heterocycles. The van der Waals surface area contributed by atoms with Crippen molar-refractivity contribution in [2.45, 2.75) is 6.92 Å². The van der Waals surface area contributed by atoms with E-state index in [4.69, 9.17) is 5.10 Å². The number of para-hydroxylation sites is 1. The number of carbonyl (C=O) groups excluding carboxylic acids is 1. The van der Waals surface area contributed by atoms with Gasteiger partial charge in [-0.3, -0.25) is 14.5 Å². The quantitative estimate of drug-likeness (QED) is 0.390. The van der Waals surface area contributed by atoms with Crippen LogP contribution in [0.1, 0.15) is 11.1 Å². The molecule has 2 aromatic carbocycles. The normalized spacial score (nSPS) is 11.5. The molecule has 8 nitrogen and oxygen atoms in total. The van der Waals surface area contributed by atoms with E-state index >= 15 is 0 Å². The number of sulfonamides is 1. The molecule has 1 amide bonds. The molecule has 0 saturated carbocycles. The molecule has 2 N–H and O–H groups in total. The number of hydrogen-bond acceptors (Lipinski definition) is 5. The number of pyridine rings is 1. The molecule has 0 radical (unpaired) electrons. The van der Waals surface area contributed by atoms with Crippen molar-refractivity contribution in [2.24, 2.45) is 0 Å². The molecule has 0 aliphatic rings. The van der Waals surface area contributed by atoms with Gasteiger partial charge in [0.2, 0.25) is 15.9 Å². The Morgan fingerprint density at radius 1 is 1.06 bits per heavy atom. The summed E-state index contributed by atoms with van der Waals surface area (Å²) < 4.78 is 27.4. The third-order valence-corrected chi connectivity index (χ3v) is 5.50. The Morgan fingerprint density at radius 3 is 2.56 bits per heavy atom. The smallest absolute Gasteiger partial charge is 0.248 e. The largest absolute Gasteiger partial charge is 0.322 e. The number of nitrogens with one attached hydrogen (secondary N) is 2. The lowest BCUT2D eigenvalue weighted by Gasteiger charge is -2.10. The van der Waals surface area contributed by atoms with E-state index in [0.29, 0.717) is 17.1 Å². The predicted molar refractivity (Wildman–Crippen MR) is 134 cm³/mol. The summed E-state index contributed by atoms with van der Waals surface area (Å²) in [5, 5.41) is 7.46. The van der Waals surface area contributed by atoms with Crippen molar-refractivity contribution >= 4 is 33.4 Å². The van der Waals surface area contributed by atoms with Crippen LogP contribution in [-0.4, -0.2) is 35.3 Å². The van der Waals surface area contributed by atoms with Crippen molar-refractivity contribution in [1.29, 1.82) is 0 Å². The molecular weight excluding hydrogens is 450 g/mol. The van der Waals surface area contributed by atoms with Crippen LogP contribution >= 0.6 is 0 Å². The van der Waals surface area contributed by atoms with Crippen LogP contribution in [0.15, 0.2) is 85.3 Å². The molecule has 0 fully saturated rings. The van der Waals surface area contributed by atoms with Crippen LogP contribution in [0.5, 0.6) is 0 Å². The first-order chi connectivity index (χ1) is 16.3. The Kier molecular flexibility index (Phi) is 6.55. The van der Waals surface area contributed by atoms with Gasteiger partial charge < -0.3 is 5.32 Å². The van der Waals surface area contributed by atoms with E-state index in [2.05, 4.69) is 15.0 Å². The molecule has 9 heteroatoms. The van der Waals surface area contributed by atoms with Crippen molar-refractivity contribution in [1.82, 2.24) is 14.8 Å². The van der Waals surface area contributed by atoms with Crippen molar-refractivity contribution in [2.75, 3.05) is 16.3 Å². The Balaban J connectivity index is 1.59. The van der Waals surface area contributed by atoms with Gasteiger partial charge in [-0.2, -0.15) is 5.10 Å². The van der Waals surface area contributed by atoms with E-state index in [1.807, 2.05) is 48.7 Å². The molecule has 0 atom stereocenters. The van der Waals surface area contributed by atoms with E-state index in [1.54, 1.807) is 48.3 Å². The summed E-state index contributed by atoms with van der Waals surface area (Å²) in [6.07, 6.45) is 9.44. The number of carbonyl (C=O) groups is 1. The van der Waals surface area contributed by atoms with Crippen LogP contribution in [0.3, 0.4) is 0 Å². The molecule has 34 heavy (non-hydrogen) atoms. The van der Waals surface area contributed by atoms with Crippen molar-refractivity contribution in [3.8, 4) is 16.9 Å². The van der Waals surface area contributed by atoms with Crippen molar-refractivity contribution < 1.29 is 13.2 Å². The maximum atomic E-state index is 12.6. The fraction of sp³-hybridized carbons (Fsp3) is 0.0800. The highest BCUT2D eigenvalue weighted by atomic mass is 32.2. The topological polar surface area (TPSA) is 106 Å². The molecule has 4 aromatic rings. The maximum absolute atomic E-state index is 12.6.